The average Bonchev–Trinajstić information content (AvgIpc) is 3.26. The topological polar surface area (TPSA) is 168 Å². The SMILES string of the molecule is CCCCCCCCCCCCC/C=C\C(O)C(CO)Nc1c(F)c(F)c(CC(CO)C(O)/C=C/CCCCCCCCCCCCC)c2c1C(=O)c1c(O)ccc(O)c1C2=O. The van der Waals surface area contributed by atoms with Crippen LogP contribution in [-0.4, -0.2) is 73.7 Å². The highest BCUT2D eigenvalue weighted by Gasteiger charge is 2.42. The van der Waals surface area contributed by atoms with E-state index in [9.17, 15) is 40.2 Å². The molecule has 4 atom stereocenters. The van der Waals surface area contributed by atoms with Crippen LogP contribution in [0.25, 0.3) is 0 Å². The van der Waals surface area contributed by atoms with E-state index in [4.69, 9.17) is 0 Å². The first-order valence-corrected chi connectivity index (χ1v) is 23.9. The Hall–Kier alpha value is -3.64. The molecule has 62 heavy (non-hydrogen) atoms. The lowest BCUT2D eigenvalue weighted by Crippen LogP contribution is -2.38. The van der Waals surface area contributed by atoms with Crippen molar-refractivity contribution in [3.63, 3.8) is 0 Å². The van der Waals surface area contributed by atoms with Gasteiger partial charge in [-0.25, -0.2) is 8.78 Å². The Morgan fingerprint density at radius 3 is 1.37 bits per heavy atom. The van der Waals surface area contributed by atoms with Gasteiger partial charge in [0, 0.05) is 23.7 Å². The van der Waals surface area contributed by atoms with Crippen LogP contribution in [-0.2, 0) is 6.42 Å². The van der Waals surface area contributed by atoms with Crippen molar-refractivity contribution in [1.82, 2.24) is 0 Å². The second kappa shape index (κ2) is 29.7. The third kappa shape index (κ3) is 16.2. The molecular formula is C51H77F2NO8. The first-order valence-electron chi connectivity index (χ1n) is 23.9. The Morgan fingerprint density at radius 2 is 0.952 bits per heavy atom. The van der Waals surface area contributed by atoms with Crippen molar-refractivity contribution in [2.45, 2.75) is 193 Å². The Labute approximate surface area is 369 Å². The molecule has 0 amide bonds. The van der Waals surface area contributed by atoms with Gasteiger partial charge in [0.15, 0.2) is 17.4 Å². The van der Waals surface area contributed by atoms with E-state index in [1.807, 2.05) is 0 Å². The van der Waals surface area contributed by atoms with Crippen molar-refractivity contribution in [1.29, 1.82) is 0 Å². The van der Waals surface area contributed by atoms with Gasteiger partial charge in [0.1, 0.15) is 11.5 Å². The van der Waals surface area contributed by atoms with E-state index >= 15 is 8.78 Å². The average molecular weight is 870 g/mol. The number of ketones is 2. The van der Waals surface area contributed by atoms with E-state index in [-0.39, 0.29) is 0 Å². The number of anilines is 1. The fourth-order valence-corrected chi connectivity index (χ4v) is 8.43. The predicted molar refractivity (Wildman–Crippen MR) is 244 cm³/mol. The van der Waals surface area contributed by atoms with Crippen LogP contribution < -0.4 is 5.32 Å². The molecule has 1 aliphatic carbocycles. The Balaban J connectivity index is 1.73. The maximum atomic E-state index is 16.4. The summed E-state index contributed by atoms with van der Waals surface area (Å²) in [6.07, 6.45) is 30.7. The number of carbonyl (C=O) groups is 2. The van der Waals surface area contributed by atoms with Gasteiger partial charge < -0.3 is 36.0 Å². The summed E-state index contributed by atoms with van der Waals surface area (Å²) in [5, 5.41) is 66.6. The summed E-state index contributed by atoms with van der Waals surface area (Å²) in [4.78, 5) is 28.3. The smallest absolute Gasteiger partial charge is 0.200 e. The van der Waals surface area contributed by atoms with Crippen LogP contribution in [0.1, 0.15) is 205 Å². The Kier molecular flexibility index (Phi) is 25.2. The maximum absolute atomic E-state index is 16.4. The zero-order chi connectivity index (χ0) is 45.3. The highest BCUT2D eigenvalue weighted by atomic mass is 19.2. The summed E-state index contributed by atoms with van der Waals surface area (Å²) >= 11 is 0. The second-order valence-corrected chi connectivity index (χ2v) is 17.3. The molecule has 0 aromatic heterocycles. The van der Waals surface area contributed by atoms with Crippen LogP contribution >= 0.6 is 0 Å². The van der Waals surface area contributed by atoms with Gasteiger partial charge in [-0.15, -0.1) is 0 Å². The number of allylic oxidation sites excluding steroid dienone is 2. The van der Waals surface area contributed by atoms with E-state index in [1.165, 1.54) is 115 Å². The van der Waals surface area contributed by atoms with Crippen molar-refractivity contribution in [2.24, 2.45) is 5.92 Å². The maximum Gasteiger partial charge on any atom is 0.200 e. The van der Waals surface area contributed by atoms with Crippen molar-refractivity contribution < 1.29 is 49.0 Å². The third-order valence-corrected chi connectivity index (χ3v) is 12.3. The van der Waals surface area contributed by atoms with Crippen molar-refractivity contribution in [3.05, 3.63) is 75.9 Å². The molecule has 0 fully saturated rings. The fraction of sp³-hybridized carbons (Fsp3) is 0.647. The van der Waals surface area contributed by atoms with E-state index in [2.05, 4.69) is 19.2 Å². The number of rotatable bonds is 34. The van der Waals surface area contributed by atoms with Crippen molar-refractivity contribution >= 4 is 17.3 Å². The van der Waals surface area contributed by atoms with E-state index in [1.54, 1.807) is 12.2 Å². The Morgan fingerprint density at radius 1 is 0.548 bits per heavy atom. The highest BCUT2D eigenvalue weighted by Crippen LogP contribution is 2.44. The van der Waals surface area contributed by atoms with Crippen LogP contribution in [0.4, 0.5) is 14.5 Å². The molecule has 0 spiro atoms. The van der Waals surface area contributed by atoms with Gasteiger partial charge in [-0.1, -0.05) is 167 Å². The van der Waals surface area contributed by atoms with Gasteiger partial charge in [-0.3, -0.25) is 9.59 Å². The number of aliphatic hydroxyl groups is 4. The normalized spacial score (nSPS) is 14.7. The number of phenols is 2. The number of phenolic OH excluding ortho intramolecular Hbond substituents is 2. The molecular weight excluding hydrogens is 793 g/mol. The van der Waals surface area contributed by atoms with Crippen LogP contribution in [0, 0.1) is 17.6 Å². The lowest BCUT2D eigenvalue weighted by atomic mass is 9.77. The molecule has 2 aromatic rings. The first kappa shape index (κ1) is 52.7. The van der Waals surface area contributed by atoms with Crippen LogP contribution in [0.2, 0.25) is 0 Å². The van der Waals surface area contributed by atoms with Gasteiger partial charge in [0.05, 0.1) is 47.2 Å². The molecule has 0 saturated carbocycles. The summed E-state index contributed by atoms with van der Waals surface area (Å²) in [6.45, 7) is 2.99. The fourth-order valence-electron chi connectivity index (χ4n) is 8.43. The number of aromatic hydroxyl groups is 2. The molecule has 0 saturated heterocycles. The largest absolute Gasteiger partial charge is 0.507 e. The van der Waals surface area contributed by atoms with Gasteiger partial charge in [-0.2, -0.15) is 0 Å². The van der Waals surface area contributed by atoms with Gasteiger partial charge in [0.2, 0.25) is 5.78 Å². The van der Waals surface area contributed by atoms with Crippen LogP contribution in [0.5, 0.6) is 11.5 Å². The quantitative estimate of drug-likeness (QED) is 0.0176. The summed E-state index contributed by atoms with van der Waals surface area (Å²) in [5.41, 5.74) is -3.89. The first-order chi connectivity index (χ1) is 30.0. The minimum absolute atomic E-state index is 0.562. The zero-order valence-electron chi connectivity index (χ0n) is 37.6. The molecule has 2 aromatic carbocycles. The minimum atomic E-state index is -1.59. The highest BCUT2D eigenvalue weighted by molar-refractivity contribution is 6.32. The number of nitrogens with one attached hydrogen (secondary N) is 1. The lowest BCUT2D eigenvalue weighted by molar-refractivity contribution is 0.0953. The summed E-state index contributed by atoms with van der Waals surface area (Å²) < 4.78 is 32.7. The molecule has 1 aliphatic rings. The second-order valence-electron chi connectivity index (χ2n) is 17.3. The summed E-state index contributed by atoms with van der Waals surface area (Å²) in [6, 6.07) is 0.664. The molecule has 3 rings (SSSR count). The van der Waals surface area contributed by atoms with Gasteiger partial charge in [0.25, 0.3) is 0 Å². The van der Waals surface area contributed by atoms with Crippen LogP contribution in [0.3, 0.4) is 0 Å². The number of aliphatic hydroxyl groups excluding tert-OH is 4. The van der Waals surface area contributed by atoms with Crippen LogP contribution in [0.15, 0.2) is 36.4 Å². The minimum Gasteiger partial charge on any atom is -0.507 e. The number of halogens is 2. The molecule has 4 unspecified atom stereocenters. The van der Waals surface area contributed by atoms with E-state index in [0.717, 1.165) is 50.7 Å². The molecule has 0 heterocycles. The van der Waals surface area contributed by atoms with Crippen molar-refractivity contribution in [2.75, 3.05) is 18.5 Å². The molecule has 7 N–H and O–H groups in total. The summed E-state index contributed by atoms with van der Waals surface area (Å²) in [5.74, 6) is -7.75. The number of benzene rings is 2. The molecule has 0 aliphatic heterocycles. The van der Waals surface area contributed by atoms with Gasteiger partial charge in [-0.05, 0) is 44.2 Å². The predicted octanol–water partition coefficient (Wildman–Crippen LogP) is 11.3. The third-order valence-electron chi connectivity index (χ3n) is 12.3. The Bertz CT molecular complexity index is 1590. The number of hydrogen-bond donors (Lipinski definition) is 7. The number of hydrogen-bond acceptors (Lipinski definition) is 9. The van der Waals surface area contributed by atoms with Crippen molar-refractivity contribution in [3.8, 4) is 11.5 Å². The number of fused-ring (bicyclic) bond motifs is 2. The number of carbonyl (C=O) groups excluding carboxylic acids is 2. The number of unbranched alkanes of at least 4 members (excludes halogenated alkanes) is 22. The molecule has 0 radical (unpaired) electrons. The van der Waals surface area contributed by atoms with E-state index in [0.29, 0.717) is 12.8 Å². The molecule has 348 valence electrons. The molecule has 11 heteroatoms. The lowest BCUT2D eigenvalue weighted by Gasteiger charge is -2.29. The van der Waals surface area contributed by atoms with E-state index < -0.39 is 112 Å². The zero-order valence-corrected chi connectivity index (χ0v) is 37.6. The van der Waals surface area contributed by atoms with Gasteiger partial charge >= 0.3 is 0 Å². The molecule has 9 nitrogen and oxygen atoms in total. The molecule has 0 bridgehead atoms. The summed E-state index contributed by atoms with van der Waals surface area (Å²) in [7, 11) is 0. The monoisotopic (exact) mass is 870 g/mol. The standard InChI is InChI=1S/C51H77F2NO8/c1-3-5-7-9-11-13-15-17-19-21-23-25-27-29-39(57)36(34-55)33-37-43-46(51(62)45-42(60)32-31-41(59)44(45)50(43)61)49(48(53)47(37)52)54-38(35-56)40(58)30-28-26-24-22-20-18-16-14-12-10-8-6-4-2/h27-32,36,38-40,54-60H,3-26,33-35H2,1-2H3/b29-27+,30-28-.